The van der Waals surface area contributed by atoms with E-state index >= 15 is 0 Å². The monoisotopic (exact) mass is 265 g/mol. The highest BCUT2D eigenvalue weighted by Crippen LogP contribution is 2.21. The molecule has 0 spiro atoms. The van der Waals surface area contributed by atoms with E-state index in [4.69, 9.17) is 9.47 Å². The van der Waals surface area contributed by atoms with Crippen molar-refractivity contribution in [2.45, 2.75) is 33.2 Å². The first-order chi connectivity index (χ1) is 9.08. The van der Waals surface area contributed by atoms with Gasteiger partial charge in [-0.3, -0.25) is 4.79 Å². The molecular weight excluding hydrogens is 242 g/mol. The number of ether oxygens (including phenoxy) is 2. The minimum atomic E-state index is -0.119. The first-order valence-corrected chi connectivity index (χ1v) is 6.55. The first-order valence-electron chi connectivity index (χ1n) is 6.55. The molecule has 1 unspecified atom stereocenters. The number of nitrogens with one attached hydrogen (secondary N) is 1. The maximum atomic E-state index is 11.8. The predicted molar refractivity (Wildman–Crippen MR) is 75.5 cm³/mol. The van der Waals surface area contributed by atoms with E-state index in [1.165, 1.54) is 0 Å². The number of para-hydroxylation sites is 1. The number of carbonyl (C=O) groups is 1. The zero-order valence-electron chi connectivity index (χ0n) is 12.2. The van der Waals surface area contributed by atoms with Gasteiger partial charge in [0.05, 0.1) is 12.6 Å². The highest BCUT2D eigenvalue weighted by Gasteiger charge is 2.11. The zero-order chi connectivity index (χ0) is 14.3. The van der Waals surface area contributed by atoms with Crippen molar-refractivity contribution in [3.63, 3.8) is 0 Å². The second kappa shape index (κ2) is 7.79. The van der Waals surface area contributed by atoms with Crippen molar-refractivity contribution in [1.29, 1.82) is 0 Å². The smallest absolute Gasteiger partial charge is 0.258 e. The summed E-state index contributed by atoms with van der Waals surface area (Å²) >= 11 is 0. The van der Waals surface area contributed by atoms with Gasteiger partial charge in [-0.15, -0.1) is 0 Å². The molecule has 1 atom stereocenters. The molecule has 0 aliphatic heterocycles. The maximum absolute atomic E-state index is 11.8. The Morgan fingerprint density at radius 2 is 1.95 bits per heavy atom. The second-order valence-electron chi connectivity index (χ2n) is 4.64. The van der Waals surface area contributed by atoms with E-state index in [1.54, 1.807) is 7.11 Å². The lowest BCUT2D eigenvalue weighted by molar-refractivity contribution is -0.124. The average Bonchev–Trinajstić information content (AvgIpc) is 2.37. The lowest BCUT2D eigenvalue weighted by Crippen LogP contribution is -2.40. The number of amides is 1. The van der Waals surface area contributed by atoms with Crippen LogP contribution < -0.4 is 10.1 Å². The van der Waals surface area contributed by atoms with Crippen LogP contribution in [0, 0.1) is 13.8 Å². The van der Waals surface area contributed by atoms with Crippen LogP contribution in [0.1, 0.15) is 24.5 Å². The Hall–Kier alpha value is -1.55. The molecule has 0 bridgehead atoms. The summed E-state index contributed by atoms with van der Waals surface area (Å²) in [4.78, 5) is 11.8. The van der Waals surface area contributed by atoms with Crippen molar-refractivity contribution in [2.24, 2.45) is 0 Å². The molecule has 0 aromatic heterocycles. The van der Waals surface area contributed by atoms with Crippen LogP contribution in [-0.2, 0) is 9.53 Å². The molecule has 1 amide bonds. The van der Waals surface area contributed by atoms with Gasteiger partial charge >= 0.3 is 0 Å². The fraction of sp³-hybridized carbons (Fsp3) is 0.533. The summed E-state index contributed by atoms with van der Waals surface area (Å²) < 4.78 is 10.6. The van der Waals surface area contributed by atoms with Gasteiger partial charge in [0, 0.05) is 7.11 Å². The Kier molecular flexibility index (Phi) is 6.36. The number of rotatable bonds is 7. The van der Waals surface area contributed by atoms with Gasteiger partial charge in [-0.1, -0.05) is 25.1 Å². The molecule has 4 heteroatoms. The van der Waals surface area contributed by atoms with E-state index in [-0.39, 0.29) is 18.6 Å². The number of hydrogen-bond acceptors (Lipinski definition) is 3. The van der Waals surface area contributed by atoms with Gasteiger partial charge < -0.3 is 14.8 Å². The third kappa shape index (κ3) is 4.91. The highest BCUT2D eigenvalue weighted by molar-refractivity contribution is 5.77. The lowest BCUT2D eigenvalue weighted by Gasteiger charge is -2.17. The number of carbonyl (C=O) groups excluding carboxylic acids is 1. The Bertz CT molecular complexity index is 398. The predicted octanol–water partition coefficient (Wildman–Crippen LogP) is 2.22. The van der Waals surface area contributed by atoms with Crippen LogP contribution in [0.15, 0.2) is 18.2 Å². The Morgan fingerprint density at radius 3 is 2.47 bits per heavy atom. The van der Waals surface area contributed by atoms with E-state index in [0.29, 0.717) is 6.61 Å². The summed E-state index contributed by atoms with van der Waals surface area (Å²) in [6, 6.07) is 5.96. The average molecular weight is 265 g/mol. The Balaban J connectivity index is 2.50. The Labute approximate surface area is 115 Å². The van der Waals surface area contributed by atoms with Crippen molar-refractivity contribution >= 4 is 5.91 Å². The van der Waals surface area contributed by atoms with Crippen LogP contribution in [0.3, 0.4) is 0 Å². The molecule has 1 aromatic carbocycles. The number of benzene rings is 1. The molecule has 0 saturated heterocycles. The highest BCUT2D eigenvalue weighted by atomic mass is 16.5. The molecule has 0 aliphatic rings. The summed E-state index contributed by atoms with van der Waals surface area (Å²) in [5.41, 5.74) is 2.08. The van der Waals surface area contributed by atoms with Crippen molar-refractivity contribution in [1.82, 2.24) is 5.32 Å². The van der Waals surface area contributed by atoms with Crippen molar-refractivity contribution < 1.29 is 14.3 Å². The lowest BCUT2D eigenvalue weighted by atomic mass is 10.1. The molecule has 1 aromatic rings. The molecule has 19 heavy (non-hydrogen) atoms. The standard InChI is InChI=1S/C15H23NO3/c1-5-13(9-18-4)16-14(17)10-19-15-11(2)7-6-8-12(15)3/h6-8,13H,5,9-10H2,1-4H3,(H,16,17). The molecule has 0 aliphatic carbocycles. The van der Waals surface area contributed by atoms with Crippen LogP contribution in [0.5, 0.6) is 5.75 Å². The molecule has 0 saturated carbocycles. The third-order valence-corrected chi connectivity index (χ3v) is 2.98. The van der Waals surface area contributed by atoms with E-state index < -0.39 is 0 Å². The molecule has 0 heterocycles. The minimum Gasteiger partial charge on any atom is -0.483 e. The fourth-order valence-electron chi connectivity index (χ4n) is 1.90. The largest absolute Gasteiger partial charge is 0.483 e. The van der Waals surface area contributed by atoms with Crippen molar-refractivity contribution in [3.05, 3.63) is 29.3 Å². The van der Waals surface area contributed by atoms with Gasteiger partial charge in [-0.2, -0.15) is 0 Å². The summed E-state index contributed by atoms with van der Waals surface area (Å²) in [5, 5.41) is 2.89. The van der Waals surface area contributed by atoms with E-state index in [2.05, 4.69) is 5.32 Å². The molecule has 1 rings (SSSR count). The second-order valence-corrected chi connectivity index (χ2v) is 4.64. The molecule has 4 nitrogen and oxygen atoms in total. The summed E-state index contributed by atoms with van der Waals surface area (Å²) in [5.74, 6) is 0.670. The van der Waals surface area contributed by atoms with Crippen LogP contribution in [0.2, 0.25) is 0 Å². The SMILES string of the molecule is CCC(COC)NC(=O)COc1c(C)cccc1C. The quantitative estimate of drug-likeness (QED) is 0.822. The number of aryl methyl sites for hydroxylation is 2. The van der Waals surface area contributed by atoms with Crippen LogP contribution >= 0.6 is 0 Å². The summed E-state index contributed by atoms with van der Waals surface area (Å²) in [7, 11) is 1.63. The topological polar surface area (TPSA) is 47.6 Å². The van der Waals surface area contributed by atoms with Gasteiger partial charge in [-0.05, 0) is 31.4 Å². The van der Waals surface area contributed by atoms with Gasteiger partial charge in [-0.25, -0.2) is 0 Å². The molecule has 106 valence electrons. The zero-order valence-corrected chi connectivity index (χ0v) is 12.2. The van der Waals surface area contributed by atoms with Crippen molar-refractivity contribution in [3.8, 4) is 5.75 Å². The molecular formula is C15H23NO3. The van der Waals surface area contributed by atoms with E-state index in [9.17, 15) is 4.79 Å². The maximum Gasteiger partial charge on any atom is 0.258 e. The summed E-state index contributed by atoms with van der Waals surface area (Å²) in [6.45, 7) is 6.51. The third-order valence-electron chi connectivity index (χ3n) is 2.98. The normalized spacial score (nSPS) is 12.0. The van der Waals surface area contributed by atoms with Gasteiger partial charge in [0.15, 0.2) is 6.61 Å². The van der Waals surface area contributed by atoms with E-state index in [0.717, 1.165) is 23.3 Å². The van der Waals surface area contributed by atoms with Crippen LogP contribution in [0.4, 0.5) is 0 Å². The molecule has 1 N–H and O–H groups in total. The number of hydrogen-bond donors (Lipinski definition) is 1. The first kappa shape index (κ1) is 15.5. The van der Waals surface area contributed by atoms with Crippen LogP contribution in [-0.4, -0.2) is 32.3 Å². The van der Waals surface area contributed by atoms with Gasteiger partial charge in [0.25, 0.3) is 5.91 Å². The summed E-state index contributed by atoms with van der Waals surface area (Å²) in [6.07, 6.45) is 0.836. The molecule has 0 radical (unpaired) electrons. The number of methoxy groups -OCH3 is 1. The van der Waals surface area contributed by atoms with E-state index in [1.807, 2.05) is 39.0 Å². The Morgan fingerprint density at radius 1 is 1.32 bits per heavy atom. The van der Waals surface area contributed by atoms with Crippen LogP contribution in [0.25, 0.3) is 0 Å². The fourth-order valence-corrected chi connectivity index (χ4v) is 1.90. The van der Waals surface area contributed by atoms with Gasteiger partial charge in [0.1, 0.15) is 5.75 Å². The minimum absolute atomic E-state index is 0.0336. The van der Waals surface area contributed by atoms with Crippen molar-refractivity contribution in [2.75, 3.05) is 20.3 Å². The molecule has 0 fully saturated rings. The van der Waals surface area contributed by atoms with Gasteiger partial charge in [0.2, 0.25) is 0 Å².